The van der Waals surface area contributed by atoms with Crippen molar-refractivity contribution in [3.8, 4) is 5.75 Å². The molecule has 86 valence electrons. The van der Waals surface area contributed by atoms with Gasteiger partial charge in [-0.1, -0.05) is 12.1 Å². The van der Waals surface area contributed by atoms with Gasteiger partial charge in [-0.25, -0.2) is 0 Å². The number of benzene rings is 1. The molecule has 1 aromatic rings. The first-order valence-corrected chi connectivity index (χ1v) is 5.82. The molecular formula is C14H18O2. The van der Waals surface area contributed by atoms with E-state index in [1.54, 1.807) is 14.0 Å². The Balaban J connectivity index is 1.93. The number of Topliss-reactive ketones (excluding diaryl/α,β-unsaturated/α-hetero) is 1. The van der Waals surface area contributed by atoms with Gasteiger partial charge < -0.3 is 9.53 Å². The van der Waals surface area contributed by atoms with Crippen molar-refractivity contribution >= 4 is 5.78 Å². The van der Waals surface area contributed by atoms with E-state index in [2.05, 4.69) is 12.1 Å². The molecule has 0 unspecified atom stereocenters. The van der Waals surface area contributed by atoms with Gasteiger partial charge in [-0.05, 0) is 49.3 Å². The lowest BCUT2D eigenvalue weighted by molar-refractivity contribution is -0.118. The van der Waals surface area contributed by atoms with Crippen LogP contribution in [0.1, 0.15) is 37.7 Å². The Hall–Kier alpha value is -1.31. The maximum absolute atomic E-state index is 11.0. The van der Waals surface area contributed by atoms with Gasteiger partial charge in [-0.2, -0.15) is 0 Å². The van der Waals surface area contributed by atoms with Crippen LogP contribution >= 0.6 is 0 Å². The Labute approximate surface area is 96.6 Å². The van der Waals surface area contributed by atoms with Crippen molar-refractivity contribution in [3.63, 3.8) is 0 Å². The van der Waals surface area contributed by atoms with Gasteiger partial charge in [-0.3, -0.25) is 0 Å². The van der Waals surface area contributed by atoms with Gasteiger partial charge in [0.05, 0.1) is 7.11 Å². The summed E-state index contributed by atoms with van der Waals surface area (Å²) in [7, 11) is 1.69. The number of rotatable bonds is 4. The maximum Gasteiger partial charge on any atom is 0.130 e. The highest BCUT2D eigenvalue weighted by Gasteiger charge is 2.30. The summed E-state index contributed by atoms with van der Waals surface area (Å²) in [6, 6.07) is 8.26. The zero-order valence-corrected chi connectivity index (χ0v) is 9.90. The maximum atomic E-state index is 11.0. The Bertz CT molecular complexity index is 378. The summed E-state index contributed by atoms with van der Waals surface area (Å²) in [5.74, 6) is 2.47. The summed E-state index contributed by atoms with van der Waals surface area (Å²) in [5, 5.41) is 0. The van der Waals surface area contributed by atoms with E-state index in [1.165, 1.54) is 5.56 Å². The SMILES string of the molecule is COc1cccc(C2CC(CC(C)=O)C2)c1. The zero-order valence-electron chi connectivity index (χ0n) is 9.90. The first-order chi connectivity index (χ1) is 7.69. The standard InChI is InChI=1S/C14H18O2/c1-10(15)6-11-7-13(8-11)12-4-3-5-14(9-12)16-2/h3-5,9,11,13H,6-8H2,1-2H3. The molecule has 0 atom stereocenters. The molecule has 2 rings (SSSR count). The number of ether oxygens (including phenoxy) is 1. The Morgan fingerprint density at radius 3 is 2.81 bits per heavy atom. The lowest BCUT2D eigenvalue weighted by atomic mass is 9.69. The third-order valence-corrected chi connectivity index (χ3v) is 3.38. The Kier molecular flexibility index (Phi) is 3.28. The molecule has 2 nitrogen and oxygen atoms in total. The van der Waals surface area contributed by atoms with Gasteiger partial charge in [0.15, 0.2) is 0 Å². The summed E-state index contributed by atoms with van der Waals surface area (Å²) in [4.78, 5) is 11.0. The van der Waals surface area contributed by atoms with Crippen molar-refractivity contribution in [1.29, 1.82) is 0 Å². The molecule has 1 aromatic carbocycles. The largest absolute Gasteiger partial charge is 0.497 e. The van der Waals surface area contributed by atoms with Gasteiger partial charge in [0.1, 0.15) is 11.5 Å². The van der Waals surface area contributed by atoms with Crippen LogP contribution in [0.25, 0.3) is 0 Å². The highest BCUT2D eigenvalue weighted by atomic mass is 16.5. The van der Waals surface area contributed by atoms with Crippen molar-refractivity contribution in [1.82, 2.24) is 0 Å². The Morgan fingerprint density at radius 2 is 2.19 bits per heavy atom. The van der Waals surface area contributed by atoms with E-state index in [1.807, 2.05) is 12.1 Å². The predicted octanol–water partition coefficient (Wildman–Crippen LogP) is 3.17. The van der Waals surface area contributed by atoms with E-state index >= 15 is 0 Å². The lowest BCUT2D eigenvalue weighted by Crippen LogP contribution is -2.23. The number of carbonyl (C=O) groups is 1. The third kappa shape index (κ3) is 2.43. The molecule has 16 heavy (non-hydrogen) atoms. The minimum Gasteiger partial charge on any atom is -0.497 e. The summed E-state index contributed by atoms with van der Waals surface area (Å²) >= 11 is 0. The van der Waals surface area contributed by atoms with Crippen LogP contribution in [0, 0.1) is 5.92 Å². The zero-order chi connectivity index (χ0) is 11.5. The molecule has 2 heteroatoms. The van der Waals surface area contributed by atoms with Crippen LogP contribution in [-0.2, 0) is 4.79 Å². The fraction of sp³-hybridized carbons (Fsp3) is 0.500. The van der Waals surface area contributed by atoms with E-state index in [4.69, 9.17) is 4.74 Å². The third-order valence-electron chi connectivity index (χ3n) is 3.38. The van der Waals surface area contributed by atoms with E-state index < -0.39 is 0 Å². The number of hydrogen-bond donors (Lipinski definition) is 0. The van der Waals surface area contributed by atoms with Gasteiger partial charge in [0.2, 0.25) is 0 Å². The minimum absolute atomic E-state index is 0.314. The van der Waals surface area contributed by atoms with Crippen LogP contribution in [0.15, 0.2) is 24.3 Å². The molecule has 1 saturated carbocycles. The van der Waals surface area contributed by atoms with Crippen molar-refractivity contribution in [3.05, 3.63) is 29.8 Å². The lowest BCUT2D eigenvalue weighted by Gasteiger charge is -2.35. The van der Waals surface area contributed by atoms with Crippen molar-refractivity contribution in [2.24, 2.45) is 5.92 Å². The van der Waals surface area contributed by atoms with Crippen LogP contribution in [0.2, 0.25) is 0 Å². The van der Waals surface area contributed by atoms with Gasteiger partial charge >= 0.3 is 0 Å². The van der Waals surface area contributed by atoms with E-state index in [0.717, 1.165) is 25.0 Å². The van der Waals surface area contributed by atoms with Crippen LogP contribution in [0.3, 0.4) is 0 Å². The summed E-state index contributed by atoms with van der Waals surface area (Å²) in [6.45, 7) is 1.68. The molecule has 0 N–H and O–H groups in total. The Morgan fingerprint density at radius 1 is 1.44 bits per heavy atom. The second-order valence-electron chi connectivity index (χ2n) is 4.72. The van der Waals surface area contributed by atoms with Crippen LogP contribution in [0.5, 0.6) is 5.75 Å². The molecule has 0 radical (unpaired) electrons. The summed E-state index contributed by atoms with van der Waals surface area (Å²) in [5.41, 5.74) is 1.35. The molecule has 1 aliphatic carbocycles. The van der Waals surface area contributed by atoms with Crippen LogP contribution in [0.4, 0.5) is 0 Å². The van der Waals surface area contributed by atoms with E-state index in [-0.39, 0.29) is 0 Å². The molecule has 0 aliphatic heterocycles. The normalized spacial score (nSPS) is 23.6. The predicted molar refractivity (Wildman–Crippen MR) is 63.8 cm³/mol. The monoisotopic (exact) mass is 218 g/mol. The number of methoxy groups -OCH3 is 1. The van der Waals surface area contributed by atoms with Crippen LogP contribution in [-0.4, -0.2) is 12.9 Å². The molecule has 1 aliphatic rings. The van der Waals surface area contributed by atoms with E-state index in [9.17, 15) is 4.79 Å². The van der Waals surface area contributed by atoms with Gasteiger partial charge in [0, 0.05) is 6.42 Å². The summed E-state index contributed by atoms with van der Waals surface area (Å²) in [6.07, 6.45) is 3.04. The first-order valence-electron chi connectivity index (χ1n) is 5.82. The second-order valence-corrected chi connectivity index (χ2v) is 4.72. The number of carbonyl (C=O) groups excluding carboxylic acids is 1. The molecular weight excluding hydrogens is 200 g/mol. The highest BCUT2D eigenvalue weighted by Crippen LogP contribution is 2.43. The molecule has 0 heterocycles. The number of hydrogen-bond acceptors (Lipinski definition) is 2. The quantitative estimate of drug-likeness (QED) is 0.776. The topological polar surface area (TPSA) is 26.3 Å². The average Bonchev–Trinajstić information content (AvgIpc) is 2.22. The first kappa shape index (κ1) is 11.2. The van der Waals surface area contributed by atoms with Crippen LogP contribution < -0.4 is 4.74 Å². The molecule has 1 fully saturated rings. The highest BCUT2D eigenvalue weighted by molar-refractivity contribution is 5.75. The van der Waals surface area contributed by atoms with Crippen molar-refractivity contribution in [2.75, 3.05) is 7.11 Å². The smallest absolute Gasteiger partial charge is 0.130 e. The fourth-order valence-corrected chi connectivity index (χ4v) is 2.48. The molecule has 0 aromatic heterocycles. The molecule has 0 amide bonds. The molecule has 0 spiro atoms. The number of ketones is 1. The average molecular weight is 218 g/mol. The van der Waals surface area contributed by atoms with E-state index in [0.29, 0.717) is 17.6 Å². The minimum atomic E-state index is 0.314. The summed E-state index contributed by atoms with van der Waals surface area (Å²) < 4.78 is 5.21. The fourth-order valence-electron chi connectivity index (χ4n) is 2.48. The van der Waals surface area contributed by atoms with Gasteiger partial charge in [-0.15, -0.1) is 0 Å². The molecule has 0 bridgehead atoms. The van der Waals surface area contributed by atoms with Crippen molar-refractivity contribution < 1.29 is 9.53 Å². The van der Waals surface area contributed by atoms with Gasteiger partial charge in [0.25, 0.3) is 0 Å². The molecule has 0 saturated heterocycles. The second kappa shape index (κ2) is 4.69. The van der Waals surface area contributed by atoms with Crippen molar-refractivity contribution in [2.45, 2.75) is 32.1 Å².